The van der Waals surface area contributed by atoms with Crippen LogP contribution in [0, 0.1) is 13.8 Å². The van der Waals surface area contributed by atoms with Gasteiger partial charge in [-0.1, -0.05) is 0 Å². The fourth-order valence-corrected chi connectivity index (χ4v) is 1.97. The monoisotopic (exact) mass is 296 g/mol. The van der Waals surface area contributed by atoms with E-state index in [2.05, 4.69) is 23.3 Å². The van der Waals surface area contributed by atoms with Crippen LogP contribution in [0.2, 0.25) is 0 Å². The van der Waals surface area contributed by atoms with Crippen LogP contribution in [-0.4, -0.2) is 32.7 Å². The molecular weight excluding hydrogens is 272 g/mol. The van der Waals surface area contributed by atoms with Crippen LogP contribution in [0.25, 0.3) is 0 Å². The van der Waals surface area contributed by atoms with Crippen LogP contribution in [-0.2, 0) is 4.79 Å². The topological polar surface area (TPSA) is 50.4 Å². The average Bonchev–Trinajstić information content (AvgIpc) is 2.41. The van der Waals surface area contributed by atoms with Gasteiger partial charge in [-0.25, -0.2) is 0 Å². The lowest BCUT2D eigenvalue weighted by atomic mass is 10.1. The number of carbonyl (C=O) groups excluding carboxylic acids is 1. The van der Waals surface area contributed by atoms with Gasteiger partial charge in [0, 0.05) is 24.4 Å². The molecular formula is C15H24N2O2S. The van der Waals surface area contributed by atoms with Gasteiger partial charge < -0.3 is 15.4 Å². The Kier molecular flexibility index (Phi) is 7.47. The number of hydrogen-bond acceptors (Lipinski definition) is 4. The molecule has 0 fully saturated rings. The Hall–Kier alpha value is -1.20. The first kappa shape index (κ1) is 16.9. The second-order valence-electron chi connectivity index (χ2n) is 4.81. The van der Waals surface area contributed by atoms with E-state index in [1.807, 2.05) is 33.0 Å². The number of amides is 1. The molecule has 1 aromatic rings. The number of rotatable bonds is 8. The highest BCUT2D eigenvalue weighted by molar-refractivity contribution is 7.80. The molecule has 20 heavy (non-hydrogen) atoms. The fraction of sp³-hybridized carbons (Fsp3) is 0.533. The molecule has 0 radical (unpaired) electrons. The summed E-state index contributed by atoms with van der Waals surface area (Å²) >= 11 is 4.42. The zero-order valence-corrected chi connectivity index (χ0v) is 13.3. The number of ether oxygens (including phenoxy) is 1. The first-order valence-electron chi connectivity index (χ1n) is 6.89. The Bertz CT molecular complexity index is 426. The molecule has 0 heterocycles. The molecule has 0 aliphatic carbocycles. The summed E-state index contributed by atoms with van der Waals surface area (Å²) in [6, 6.07) is 3.95. The molecule has 1 aromatic carbocycles. The number of hydrogen-bond donors (Lipinski definition) is 3. The molecule has 0 bridgehead atoms. The van der Waals surface area contributed by atoms with E-state index in [1.165, 1.54) is 0 Å². The average molecular weight is 296 g/mol. The summed E-state index contributed by atoms with van der Waals surface area (Å²) in [5.74, 6) is 0.912. The highest BCUT2D eigenvalue weighted by Crippen LogP contribution is 2.24. The number of aryl methyl sites for hydroxylation is 2. The quantitative estimate of drug-likeness (QED) is 0.508. The lowest BCUT2D eigenvalue weighted by Crippen LogP contribution is -2.30. The minimum atomic E-state index is 0.0712. The van der Waals surface area contributed by atoms with Gasteiger partial charge in [0.05, 0.1) is 6.61 Å². The summed E-state index contributed by atoms with van der Waals surface area (Å²) in [6.45, 7) is 6.02. The minimum absolute atomic E-state index is 0.0712. The van der Waals surface area contributed by atoms with Crippen LogP contribution in [0.1, 0.15) is 24.0 Å². The van der Waals surface area contributed by atoms with Crippen LogP contribution >= 0.6 is 12.6 Å². The molecule has 0 aromatic heterocycles. The molecule has 2 N–H and O–H groups in total. The van der Waals surface area contributed by atoms with Crippen molar-refractivity contribution in [3.63, 3.8) is 0 Å². The molecule has 0 aliphatic heterocycles. The summed E-state index contributed by atoms with van der Waals surface area (Å²) in [5, 5.41) is 5.82. The van der Waals surface area contributed by atoms with E-state index in [0.29, 0.717) is 26.0 Å². The van der Waals surface area contributed by atoms with Crippen molar-refractivity contribution in [2.75, 3.05) is 26.7 Å². The predicted molar refractivity (Wildman–Crippen MR) is 84.8 cm³/mol. The first-order chi connectivity index (χ1) is 9.54. The van der Waals surface area contributed by atoms with Crippen LogP contribution in [0.5, 0.6) is 5.75 Å². The Morgan fingerprint density at radius 3 is 2.50 bits per heavy atom. The van der Waals surface area contributed by atoms with E-state index >= 15 is 0 Å². The summed E-state index contributed by atoms with van der Waals surface area (Å²) in [7, 11) is 1.86. The van der Waals surface area contributed by atoms with Gasteiger partial charge in [0.2, 0.25) is 5.91 Å². The Balaban J connectivity index is 2.26. The van der Waals surface area contributed by atoms with Crippen LogP contribution in [0.15, 0.2) is 17.0 Å². The van der Waals surface area contributed by atoms with Gasteiger partial charge in [0.15, 0.2) is 0 Å². The summed E-state index contributed by atoms with van der Waals surface area (Å²) in [6.07, 6.45) is 1.21. The lowest BCUT2D eigenvalue weighted by Gasteiger charge is -2.10. The SMILES string of the molecule is CNCCNC(=O)CCCOc1cc(C)c(S)c(C)c1. The van der Waals surface area contributed by atoms with Crippen molar-refractivity contribution >= 4 is 18.5 Å². The van der Waals surface area contributed by atoms with E-state index in [4.69, 9.17) is 4.74 Å². The van der Waals surface area contributed by atoms with Crippen LogP contribution < -0.4 is 15.4 Å². The lowest BCUT2D eigenvalue weighted by molar-refractivity contribution is -0.121. The van der Waals surface area contributed by atoms with Crippen LogP contribution in [0.3, 0.4) is 0 Å². The maximum Gasteiger partial charge on any atom is 0.220 e. The molecule has 1 amide bonds. The zero-order chi connectivity index (χ0) is 15.0. The van der Waals surface area contributed by atoms with Crippen molar-refractivity contribution < 1.29 is 9.53 Å². The number of nitrogens with one attached hydrogen (secondary N) is 2. The number of benzene rings is 1. The molecule has 0 unspecified atom stereocenters. The van der Waals surface area contributed by atoms with Gasteiger partial charge in [0.1, 0.15) is 5.75 Å². The highest BCUT2D eigenvalue weighted by atomic mass is 32.1. The largest absolute Gasteiger partial charge is 0.494 e. The standard InChI is InChI=1S/C15H24N2O2S/c1-11-9-13(10-12(2)15(11)20)19-8-4-5-14(18)17-7-6-16-3/h9-10,16,20H,4-8H2,1-3H3,(H,17,18). The third kappa shape index (κ3) is 5.84. The van der Waals surface area contributed by atoms with Crippen LogP contribution in [0.4, 0.5) is 0 Å². The van der Waals surface area contributed by atoms with E-state index < -0.39 is 0 Å². The molecule has 0 aliphatic rings. The molecule has 0 spiro atoms. The normalized spacial score (nSPS) is 10.4. The van der Waals surface area contributed by atoms with Crippen molar-refractivity contribution in [3.8, 4) is 5.75 Å². The van der Waals surface area contributed by atoms with E-state index in [-0.39, 0.29) is 5.91 Å². The third-order valence-corrected chi connectivity index (χ3v) is 3.68. The van der Waals surface area contributed by atoms with E-state index in [0.717, 1.165) is 28.3 Å². The Morgan fingerprint density at radius 1 is 1.25 bits per heavy atom. The van der Waals surface area contributed by atoms with Crippen molar-refractivity contribution in [2.24, 2.45) is 0 Å². The smallest absolute Gasteiger partial charge is 0.220 e. The third-order valence-electron chi connectivity index (χ3n) is 2.98. The van der Waals surface area contributed by atoms with Crippen molar-refractivity contribution in [3.05, 3.63) is 23.3 Å². The highest BCUT2D eigenvalue weighted by Gasteiger charge is 2.04. The maximum atomic E-state index is 11.5. The Morgan fingerprint density at radius 2 is 1.90 bits per heavy atom. The van der Waals surface area contributed by atoms with E-state index in [1.54, 1.807) is 0 Å². The summed E-state index contributed by atoms with van der Waals surface area (Å²) < 4.78 is 5.67. The van der Waals surface area contributed by atoms with Crippen molar-refractivity contribution in [1.29, 1.82) is 0 Å². The molecule has 0 saturated heterocycles. The van der Waals surface area contributed by atoms with Gasteiger partial charge in [-0.05, 0) is 50.6 Å². The zero-order valence-electron chi connectivity index (χ0n) is 12.5. The fourth-order valence-electron chi connectivity index (χ4n) is 1.84. The maximum absolute atomic E-state index is 11.5. The van der Waals surface area contributed by atoms with E-state index in [9.17, 15) is 4.79 Å². The van der Waals surface area contributed by atoms with Gasteiger partial charge in [-0.3, -0.25) is 4.79 Å². The second-order valence-corrected chi connectivity index (χ2v) is 5.26. The second kappa shape index (κ2) is 8.87. The molecule has 112 valence electrons. The number of thiol groups is 1. The predicted octanol–water partition coefficient (Wildman–Crippen LogP) is 2.09. The molecule has 4 nitrogen and oxygen atoms in total. The number of carbonyl (C=O) groups is 1. The molecule has 0 atom stereocenters. The van der Waals surface area contributed by atoms with Gasteiger partial charge >= 0.3 is 0 Å². The minimum Gasteiger partial charge on any atom is -0.494 e. The summed E-state index contributed by atoms with van der Waals surface area (Å²) in [5.41, 5.74) is 2.21. The molecule has 5 heteroatoms. The summed E-state index contributed by atoms with van der Waals surface area (Å²) in [4.78, 5) is 12.5. The van der Waals surface area contributed by atoms with Gasteiger partial charge in [0.25, 0.3) is 0 Å². The first-order valence-corrected chi connectivity index (χ1v) is 7.33. The van der Waals surface area contributed by atoms with Gasteiger partial charge in [-0.2, -0.15) is 0 Å². The molecule has 0 saturated carbocycles. The van der Waals surface area contributed by atoms with Crippen molar-refractivity contribution in [2.45, 2.75) is 31.6 Å². The Labute approximate surface area is 126 Å². The number of likely N-dealkylation sites (N-methyl/N-ethyl adjacent to an activating group) is 1. The molecule has 1 rings (SSSR count). The van der Waals surface area contributed by atoms with Crippen molar-refractivity contribution in [1.82, 2.24) is 10.6 Å². The van der Waals surface area contributed by atoms with Gasteiger partial charge in [-0.15, -0.1) is 12.6 Å².